The van der Waals surface area contributed by atoms with Crippen molar-refractivity contribution in [3.63, 3.8) is 0 Å². The molecule has 19 heteroatoms. The maximum absolute atomic E-state index is 12.9. The second-order valence-electron chi connectivity index (χ2n) is 9.02. The first-order valence-corrected chi connectivity index (χ1v) is 13.3. The summed E-state index contributed by atoms with van der Waals surface area (Å²) in [5.41, 5.74) is -2.88. The lowest BCUT2D eigenvalue weighted by Gasteiger charge is -2.13. The molecule has 0 aliphatic carbocycles. The van der Waals surface area contributed by atoms with Crippen LogP contribution in [0.2, 0.25) is 15.3 Å². The molecule has 46 heavy (non-hydrogen) atoms. The van der Waals surface area contributed by atoms with Gasteiger partial charge in [0.15, 0.2) is 0 Å². The van der Waals surface area contributed by atoms with Gasteiger partial charge in [0.05, 0.1) is 39.1 Å². The summed E-state index contributed by atoms with van der Waals surface area (Å²) >= 11 is 17.2. The average Bonchev–Trinajstić information content (AvgIpc) is 2.96. The number of aromatic nitrogens is 2. The zero-order chi connectivity index (χ0) is 34.1. The number of rotatable bonds is 5. The average molecular weight is 709 g/mol. The van der Waals surface area contributed by atoms with Crippen molar-refractivity contribution in [1.29, 1.82) is 0 Å². The van der Waals surface area contributed by atoms with Crippen LogP contribution in [0.3, 0.4) is 0 Å². The molecule has 0 saturated heterocycles. The van der Waals surface area contributed by atoms with E-state index >= 15 is 0 Å². The molecule has 0 atom stereocenters. The summed E-state index contributed by atoms with van der Waals surface area (Å²) in [7, 11) is 1.49. The molecule has 5 rings (SSSR count). The van der Waals surface area contributed by atoms with Crippen LogP contribution in [-0.4, -0.2) is 26.9 Å². The largest absolute Gasteiger partial charge is 0.497 e. The first-order chi connectivity index (χ1) is 21.4. The zero-order valence-electron chi connectivity index (χ0n) is 22.5. The van der Waals surface area contributed by atoms with E-state index in [1.807, 2.05) is 0 Å². The number of pyridine rings is 2. The van der Waals surface area contributed by atoms with E-state index in [-0.39, 0.29) is 32.5 Å². The van der Waals surface area contributed by atoms with Gasteiger partial charge in [0.25, 0.3) is 0 Å². The normalized spacial score (nSPS) is 11.6. The summed E-state index contributed by atoms with van der Waals surface area (Å²) in [6.07, 6.45) is -9.12. The van der Waals surface area contributed by atoms with Gasteiger partial charge in [-0.15, -0.1) is 0 Å². The quantitative estimate of drug-likeness (QED) is 0.0825. The van der Waals surface area contributed by atoms with Gasteiger partial charge in [0.1, 0.15) is 16.5 Å². The van der Waals surface area contributed by atoms with E-state index in [0.29, 0.717) is 11.4 Å². The van der Waals surface area contributed by atoms with Crippen molar-refractivity contribution >= 4 is 79.4 Å². The number of anilines is 2. The highest BCUT2D eigenvalue weighted by Gasteiger charge is 2.33. The lowest BCUT2D eigenvalue weighted by atomic mass is 10.1. The third-order valence-electron chi connectivity index (χ3n) is 6.15. The van der Waals surface area contributed by atoms with Gasteiger partial charge in [-0.3, -0.25) is 20.2 Å². The van der Waals surface area contributed by atoms with Crippen molar-refractivity contribution in [2.75, 3.05) is 12.4 Å². The molecule has 10 nitrogen and oxygen atoms in total. The lowest BCUT2D eigenvalue weighted by Crippen LogP contribution is -2.06. The number of fused-ring (bicyclic) bond motifs is 2. The Kier molecular flexibility index (Phi) is 9.65. The van der Waals surface area contributed by atoms with Gasteiger partial charge in [0, 0.05) is 16.5 Å². The Morgan fingerprint density at radius 2 is 1.17 bits per heavy atom. The molecule has 0 aliphatic heterocycles. The van der Waals surface area contributed by atoms with Crippen LogP contribution in [0.4, 0.5) is 49.1 Å². The van der Waals surface area contributed by atoms with Gasteiger partial charge in [-0.05, 0) is 54.6 Å². The van der Waals surface area contributed by atoms with Crippen LogP contribution in [0.5, 0.6) is 5.75 Å². The number of nitrogens with one attached hydrogen (secondary N) is 1. The predicted molar refractivity (Wildman–Crippen MR) is 158 cm³/mol. The topological polar surface area (TPSA) is 133 Å². The molecular weight excluding hydrogens is 695 g/mol. The van der Waals surface area contributed by atoms with E-state index in [1.54, 1.807) is 24.3 Å². The van der Waals surface area contributed by atoms with E-state index in [0.717, 1.165) is 36.4 Å². The molecule has 0 fully saturated rings. The predicted octanol–water partition coefficient (Wildman–Crippen LogP) is 10.0. The van der Waals surface area contributed by atoms with E-state index in [4.69, 9.17) is 39.5 Å². The number of halogens is 9. The van der Waals surface area contributed by atoms with Crippen LogP contribution in [0, 0.1) is 20.2 Å². The molecule has 0 saturated carbocycles. The molecule has 5 aromatic rings. The van der Waals surface area contributed by atoms with E-state index in [1.165, 1.54) is 7.11 Å². The van der Waals surface area contributed by atoms with Crippen molar-refractivity contribution in [2.45, 2.75) is 12.4 Å². The Morgan fingerprint density at radius 3 is 1.63 bits per heavy atom. The second kappa shape index (κ2) is 13.0. The van der Waals surface area contributed by atoms with Crippen LogP contribution in [0.15, 0.2) is 60.7 Å². The van der Waals surface area contributed by atoms with Gasteiger partial charge in [0.2, 0.25) is 10.3 Å². The highest BCUT2D eigenvalue weighted by molar-refractivity contribution is 6.41. The standard InChI is InChI=1S/C17H11ClF3N3O3.C10H3Cl2F3N2O2/c1-27-11-5-3-10(4-6-11)22-14-12-7-2-9(17(19,20)21)8-13(12)23-16(18)15(14)24(25)26;11-7-5-2-1-4(10(13,14)15)3-6(5)16-9(12)8(7)17(18)19/h2-8H,1H3,(H,22,23);1-3H. The minimum absolute atomic E-state index is 0.0331. The molecule has 0 spiro atoms. The number of alkyl halides is 6. The van der Waals surface area contributed by atoms with E-state index in [9.17, 15) is 46.6 Å². The molecule has 240 valence electrons. The van der Waals surface area contributed by atoms with Gasteiger partial charge >= 0.3 is 23.7 Å². The molecular formula is C27H14Cl3F6N5O5. The number of nitro groups is 2. The first-order valence-electron chi connectivity index (χ1n) is 12.2. The number of methoxy groups -OCH3 is 1. The van der Waals surface area contributed by atoms with Crippen molar-refractivity contribution in [2.24, 2.45) is 0 Å². The van der Waals surface area contributed by atoms with Crippen molar-refractivity contribution in [1.82, 2.24) is 9.97 Å². The summed E-state index contributed by atoms with van der Waals surface area (Å²) < 4.78 is 81.4. The third kappa shape index (κ3) is 7.24. The lowest BCUT2D eigenvalue weighted by molar-refractivity contribution is -0.384. The number of hydrogen-bond donors (Lipinski definition) is 1. The van der Waals surface area contributed by atoms with Crippen molar-refractivity contribution in [3.8, 4) is 5.75 Å². The Labute approximate surface area is 267 Å². The molecule has 0 amide bonds. The fraction of sp³-hybridized carbons (Fsp3) is 0.111. The minimum Gasteiger partial charge on any atom is -0.497 e. The number of hydrogen-bond acceptors (Lipinski definition) is 8. The summed E-state index contributed by atoms with van der Waals surface area (Å²) in [4.78, 5) is 27.9. The Bertz CT molecular complexity index is 1990. The Balaban J connectivity index is 0.000000222. The van der Waals surface area contributed by atoms with Crippen molar-refractivity contribution in [3.05, 3.63) is 107 Å². The number of nitrogens with zero attached hydrogens (tertiary/aromatic N) is 4. The maximum atomic E-state index is 12.9. The molecule has 0 aliphatic rings. The van der Waals surface area contributed by atoms with Crippen LogP contribution < -0.4 is 10.1 Å². The number of benzene rings is 3. The number of ether oxygens (including phenoxy) is 1. The van der Waals surface area contributed by atoms with Crippen LogP contribution in [0.1, 0.15) is 11.1 Å². The molecule has 0 unspecified atom stereocenters. The Hall–Kier alpha value is -4.67. The van der Waals surface area contributed by atoms with E-state index in [2.05, 4.69) is 15.3 Å². The summed E-state index contributed by atoms with van der Waals surface area (Å²) in [6, 6.07) is 11.7. The van der Waals surface area contributed by atoms with Gasteiger partial charge in [-0.25, -0.2) is 9.97 Å². The van der Waals surface area contributed by atoms with E-state index < -0.39 is 55.0 Å². The van der Waals surface area contributed by atoms with Crippen LogP contribution in [-0.2, 0) is 12.4 Å². The van der Waals surface area contributed by atoms with Crippen LogP contribution in [0.25, 0.3) is 21.8 Å². The van der Waals surface area contributed by atoms with Gasteiger partial charge in [-0.1, -0.05) is 40.9 Å². The highest BCUT2D eigenvalue weighted by atomic mass is 35.5. The summed E-state index contributed by atoms with van der Waals surface area (Å²) in [6.45, 7) is 0. The maximum Gasteiger partial charge on any atom is 0.416 e. The minimum atomic E-state index is -4.58. The SMILES string of the molecule is COc1ccc(Nc2c([N+](=O)[O-])c(Cl)nc3cc(C(F)(F)F)ccc23)cc1.O=[N+]([O-])c1c(Cl)nc2cc(C(F)(F)F)ccc2c1Cl. The third-order valence-corrected chi connectivity index (χ3v) is 7.06. The Morgan fingerprint density at radius 1 is 0.717 bits per heavy atom. The van der Waals surface area contributed by atoms with Crippen molar-refractivity contribution < 1.29 is 40.9 Å². The van der Waals surface area contributed by atoms with Gasteiger partial charge < -0.3 is 10.1 Å². The zero-order valence-corrected chi connectivity index (χ0v) is 24.8. The molecule has 3 aromatic carbocycles. The fourth-order valence-electron chi connectivity index (χ4n) is 4.03. The summed E-state index contributed by atoms with van der Waals surface area (Å²) in [5, 5.41) is 23.8. The monoisotopic (exact) mass is 707 g/mol. The second-order valence-corrected chi connectivity index (χ2v) is 10.1. The molecule has 2 aromatic heterocycles. The molecule has 1 N–H and O–H groups in total. The van der Waals surface area contributed by atoms with Gasteiger partial charge in [-0.2, -0.15) is 26.3 Å². The summed E-state index contributed by atoms with van der Waals surface area (Å²) in [5.74, 6) is 0.572. The molecule has 2 heterocycles. The van der Waals surface area contributed by atoms with Crippen LogP contribution >= 0.6 is 34.8 Å². The molecule has 0 bridgehead atoms. The molecule has 0 radical (unpaired) electrons. The first kappa shape index (κ1) is 34.2. The fourth-order valence-corrected chi connectivity index (χ4v) is 4.91. The smallest absolute Gasteiger partial charge is 0.416 e. The highest BCUT2D eigenvalue weighted by Crippen LogP contribution is 2.42.